The predicted molar refractivity (Wildman–Crippen MR) is 119 cm³/mol. The first-order valence-electron chi connectivity index (χ1n) is 8.84. The van der Waals surface area contributed by atoms with Crippen LogP contribution in [0.2, 0.25) is 0 Å². The lowest BCUT2D eigenvalue weighted by molar-refractivity contribution is 0.198. The highest BCUT2D eigenvalue weighted by Crippen LogP contribution is 2.23. The van der Waals surface area contributed by atoms with Crippen LogP contribution in [0.5, 0.6) is 0 Å². The van der Waals surface area contributed by atoms with Gasteiger partial charge in [-0.3, -0.25) is 0 Å². The lowest BCUT2D eigenvalue weighted by atomic mass is 10.1. The zero-order valence-corrected chi connectivity index (χ0v) is 18.0. The van der Waals surface area contributed by atoms with Crippen LogP contribution in [0.15, 0.2) is 53.1 Å². The number of nitrogens with one attached hydrogen (secondary N) is 1. The minimum absolute atomic E-state index is 0. The van der Waals surface area contributed by atoms with E-state index in [2.05, 4.69) is 58.2 Å². The van der Waals surface area contributed by atoms with E-state index >= 15 is 0 Å². The molecule has 0 unspecified atom stereocenters. The van der Waals surface area contributed by atoms with E-state index in [4.69, 9.17) is 0 Å². The first kappa shape index (κ1) is 21.3. The van der Waals surface area contributed by atoms with Gasteiger partial charge in [0.2, 0.25) is 0 Å². The molecule has 1 fully saturated rings. The fourth-order valence-electron chi connectivity index (χ4n) is 3.13. The van der Waals surface area contributed by atoms with Crippen LogP contribution in [0, 0.1) is 13.8 Å². The second-order valence-electron chi connectivity index (χ2n) is 6.50. The van der Waals surface area contributed by atoms with Crippen molar-refractivity contribution in [3.8, 4) is 0 Å². The quantitative estimate of drug-likeness (QED) is 0.715. The molecule has 1 aliphatic rings. The lowest BCUT2D eigenvalue weighted by Crippen LogP contribution is -2.51. The Hall–Kier alpha value is -1.98. The number of amides is 2. The highest BCUT2D eigenvalue weighted by atomic mass is 79.9. The zero-order chi connectivity index (χ0) is 18.5. The summed E-state index contributed by atoms with van der Waals surface area (Å²) in [6, 6.07) is 14.3. The zero-order valence-electron chi connectivity index (χ0n) is 15.6. The number of carbonyl (C=O) groups excluding carboxylic acids is 1. The van der Waals surface area contributed by atoms with E-state index < -0.39 is 0 Å². The van der Waals surface area contributed by atoms with Crippen molar-refractivity contribution < 1.29 is 4.79 Å². The number of nitrogens with zero attached hydrogens (tertiary/aromatic N) is 2. The van der Waals surface area contributed by atoms with Crippen molar-refractivity contribution in [3.63, 3.8) is 0 Å². The molecule has 2 aromatic rings. The van der Waals surface area contributed by atoms with Gasteiger partial charge >= 0.3 is 6.03 Å². The molecule has 6 heteroatoms. The van der Waals surface area contributed by atoms with Crippen LogP contribution in [0.4, 0.5) is 10.5 Å². The van der Waals surface area contributed by atoms with E-state index in [9.17, 15) is 4.79 Å². The largest absolute Gasteiger partial charge is 0.368 e. The number of hydrogen-bond donors (Lipinski definition) is 1. The van der Waals surface area contributed by atoms with Crippen LogP contribution < -0.4 is 10.2 Å². The smallest absolute Gasteiger partial charge is 0.321 e. The number of benzene rings is 2. The Balaban J connectivity index is 0.00000261. The van der Waals surface area contributed by atoms with Crippen LogP contribution in [-0.2, 0) is 0 Å². The van der Waals surface area contributed by atoms with E-state index in [0.717, 1.165) is 36.2 Å². The topological polar surface area (TPSA) is 35.6 Å². The molecule has 144 valence electrons. The van der Waals surface area contributed by atoms with Crippen molar-refractivity contribution in [2.75, 3.05) is 31.1 Å². The summed E-state index contributed by atoms with van der Waals surface area (Å²) in [7, 11) is 0. The average Bonchev–Trinajstić information content (AvgIpc) is 2.65. The highest BCUT2D eigenvalue weighted by Gasteiger charge is 2.21. The van der Waals surface area contributed by atoms with Crippen molar-refractivity contribution in [1.29, 1.82) is 0 Å². The highest BCUT2D eigenvalue weighted by molar-refractivity contribution is 9.10. The number of carbonyl (C=O) groups is 1. The molecule has 0 atom stereocenters. The van der Waals surface area contributed by atoms with E-state index in [-0.39, 0.29) is 18.4 Å². The molecule has 4 nitrogen and oxygen atoms in total. The molecule has 0 radical (unpaired) electrons. The van der Waals surface area contributed by atoms with Gasteiger partial charge in [-0.1, -0.05) is 46.3 Å². The van der Waals surface area contributed by atoms with Gasteiger partial charge in [0.25, 0.3) is 0 Å². The van der Waals surface area contributed by atoms with Crippen LogP contribution in [0.25, 0.3) is 6.08 Å². The van der Waals surface area contributed by atoms with Gasteiger partial charge in [0.1, 0.15) is 0 Å². The van der Waals surface area contributed by atoms with Crippen molar-refractivity contribution in [2.24, 2.45) is 0 Å². The number of halogens is 2. The van der Waals surface area contributed by atoms with Crippen molar-refractivity contribution >= 4 is 46.1 Å². The van der Waals surface area contributed by atoms with Gasteiger partial charge in [-0.05, 0) is 48.7 Å². The van der Waals surface area contributed by atoms with E-state index in [0.29, 0.717) is 0 Å². The third kappa shape index (κ3) is 5.27. The molecule has 1 saturated heterocycles. The van der Waals surface area contributed by atoms with Gasteiger partial charge in [0.15, 0.2) is 0 Å². The Kier molecular flexibility index (Phi) is 7.75. The molecule has 0 bridgehead atoms. The second kappa shape index (κ2) is 9.81. The number of aryl methyl sites for hydroxylation is 1. The van der Waals surface area contributed by atoms with E-state index in [1.165, 1.54) is 16.8 Å². The third-order valence-corrected chi connectivity index (χ3v) is 5.58. The predicted octanol–water partition coefficient (Wildman–Crippen LogP) is 4.99. The van der Waals surface area contributed by atoms with Crippen LogP contribution >= 0.6 is 28.3 Å². The summed E-state index contributed by atoms with van der Waals surface area (Å²) in [4.78, 5) is 16.6. The summed E-state index contributed by atoms with van der Waals surface area (Å²) in [5.74, 6) is 0. The molecular weight excluding hydrogens is 426 g/mol. The molecule has 1 N–H and O–H groups in total. The fraction of sp³-hybridized carbons (Fsp3) is 0.286. The Labute approximate surface area is 175 Å². The monoisotopic (exact) mass is 449 g/mol. The number of hydrogen-bond acceptors (Lipinski definition) is 2. The Morgan fingerprint density at radius 3 is 2.44 bits per heavy atom. The van der Waals surface area contributed by atoms with Crippen molar-refractivity contribution in [3.05, 3.63) is 69.8 Å². The molecule has 0 aliphatic carbocycles. The molecule has 3 rings (SSSR count). The molecule has 1 heterocycles. The standard InChI is InChI=1S/C21H24BrN3O.ClH/c1-16-6-5-9-20(17(16)2)24-12-14-25(15-13-24)21(26)23-11-10-18-7-3-4-8-19(18)22;/h3-11H,12-15H2,1-2H3,(H,23,26);1H/b11-10+;. The molecule has 2 amide bonds. The summed E-state index contributed by atoms with van der Waals surface area (Å²) in [5.41, 5.74) is 4.94. The molecule has 0 spiro atoms. The summed E-state index contributed by atoms with van der Waals surface area (Å²) >= 11 is 3.50. The maximum atomic E-state index is 12.4. The van der Waals surface area contributed by atoms with Crippen molar-refractivity contribution in [1.82, 2.24) is 10.2 Å². The molecule has 0 aromatic heterocycles. The molecule has 1 aliphatic heterocycles. The van der Waals surface area contributed by atoms with Crippen LogP contribution in [0.1, 0.15) is 16.7 Å². The molecule has 0 saturated carbocycles. The van der Waals surface area contributed by atoms with Gasteiger partial charge in [-0.25, -0.2) is 4.79 Å². The van der Waals surface area contributed by atoms with Gasteiger partial charge in [-0.2, -0.15) is 0 Å². The molecular formula is C21H25BrClN3O. The van der Waals surface area contributed by atoms with Gasteiger partial charge < -0.3 is 15.1 Å². The maximum Gasteiger partial charge on any atom is 0.321 e. The Morgan fingerprint density at radius 1 is 1.04 bits per heavy atom. The second-order valence-corrected chi connectivity index (χ2v) is 7.35. The normalized spacial score (nSPS) is 14.2. The van der Waals surface area contributed by atoms with Crippen LogP contribution in [0.3, 0.4) is 0 Å². The third-order valence-electron chi connectivity index (χ3n) is 4.86. The Morgan fingerprint density at radius 2 is 1.74 bits per heavy atom. The average molecular weight is 451 g/mol. The number of rotatable bonds is 3. The van der Waals surface area contributed by atoms with Crippen LogP contribution in [-0.4, -0.2) is 37.1 Å². The van der Waals surface area contributed by atoms with Gasteiger partial charge in [0, 0.05) is 42.5 Å². The molecule has 2 aromatic carbocycles. The van der Waals surface area contributed by atoms with Crippen molar-refractivity contribution in [2.45, 2.75) is 13.8 Å². The van der Waals surface area contributed by atoms with E-state index in [1.807, 2.05) is 35.2 Å². The number of urea groups is 1. The minimum Gasteiger partial charge on any atom is -0.368 e. The molecule has 27 heavy (non-hydrogen) atoms. The summed E-state index contributed by atoms with van der Waals surface area (Å²) in [5, 5.41) is 2.87. The number of anilines is 1. The first-order valence-corrected chi connectivity index (χ1v) is 9.63. The first-order chi connectivity index (χ1) is 12.6. The maximum absolute atomic E-state index is 12.4. The van der Waals surface area contributed by atoms with Gasteiger partial charge in [-0.15, -0.1) is 12.4 Å². The summed E-state index contributed by atoms with van der Waals surface area (Å²) in [6.45, 7) is 7.46. The minimum atomic E-state index is -0.0473. The summed E-state index contributed by atoms with van der Waals surface area (Å²) < 4.78 is 1.01. The fourth-order valence-corrected chi connectivity index (χ4v) is 3.55. The summed E-state index contributed by atoms with van der Waals surface area (Å²) in [6.07, 6.45) is 3.61. The lowest BCUT2D eigenvalue weighted by Gasteiger charge is -2.36. The number of piperazine rings is 1. The Bertz CT molecular complexity index is 817. The van der Waals surface area contributed by atoms with Gasteiger partial charge in [0.05, 0.1) is 0 Å². The SMILES string of the molecule is Cc1cccc(N2CCN(C(=O)N/C=C/c3ccccc3Br)CC2)c1C.Cl. The van der Waals surface area contributed by atoms with E-state index in [1.54, 1.807) is 6.20 Å².